The molecule has 0 aliphatic heterocycles. The first-order valence-corrected chi connectivity index (χ1v) is 7.24. The van der Waals surface area contributed by atoms with Crippen LogP contribution < -0.4 is 4.74 Å². The molecular formula is C16H9N3O8. The summed E-state index contributed by atoms with van der Waals surface area (Å²) in [5.74, 6) is -2.60. The molecule has 136 valence electrons. The number of aromatic nitrogens is 1. The molecule has 3 aromatic rings. The lowest BCUT2D eigenvalue weighted by Gasteiger charge is -2.11. The second kappa shape index (κ2) is 6.55. The fraction of sp³-hybridized carbons (Fsp3) is 0. The molecule has 0 aliphatic rings. The number of nitro groups is 2. The Balaban J connectivity index is 2.20. The first kappa shape index (κ1) is 17.5. The molecule has 27 heavy (non-hydrogen) atoms. The van der Waals surface area contributed by atoms with Crippen molar-refractivity contribution in [2.75, 3.05) is 0 Å². The Morgan fingerprint density at radius 1 is 1.07 bits per heavy atom. The van der Waals surface area contributed by atoms with Gasteiger partial charge < -0.3 is 14.9 Å². The molecule has 0 atom stereocenters. The van der Waals surface area contributed by atoms with Gasteiger partial charge in [0.1, 0.15) is 29.3 Å². The smallest absolute Gasteiger partial charge is 0.339 e. The van der Waals surface area contributed by atoms with Gasteiger partial charge in [0.25, 0.3) is 11.6 Å². The maximum Gasteiger partial charge on any atom is 0.339 e. The van der Waals surface area contributed by atoms with Gasteiger partial charge in [-0.1, -0.05) is 24.3 Å². The van der Waals surface area contributed by atoms with E-state index in [4.69, 9.17) is 4.74 Å². The third kappa shape index (κ3) is 3.16. The van der Waals surface area contributed by atoms with Crippen molar-refractivity contribution in [2.24, 2.45) is 0 Å². The summed E-state index contributed by atoms with van der Waals surface area (Å²) < 4.78 is 5.41. The average molecular weight is 371 g/mol. The van der Waals surface area contributed by atoms with E-state index < -0.39 is 44.4 Å². The zero-order valence-corrected chi connectivity index (χ0v) is 13.2. The predicted molar refractivity (Wildman–Crippen MR) is 90.2 cm³/mol. The number of fused-ring (bicyclic) bond motifs is 1. The van der Waals surface area contributed by atoms with Gasteiger partial charge in [0, 0.05) is 10.8 Å². The first-order valence-electron chi connectivity index (χ1n) is 7.24. The van der Waals surface area contributed by atoms with Crippen LogP contribution in [0.1, 0.15) is 10.4 Å². The van der Waals surface area contributed by atoms with E-state index in [2.05, 4.69) is 4.98 Å². The van der Waals surface area contributed by atoms with Crippen LogP contribution in [0.25, 0.3) is 10.8 Å². The molecule has 2 N–H and O–H groups in total. The van der Waals surface area contributed by atoms with Crippen LogP contribution in [0.3, 0.4) is 0 Å². The van der Waals surface area contributed by atoms with Crippen molar-refractivity contribution in [3.8, 4) is 17.4 Å². The maximum atomic E-state index is 11.4. The number of aromatic hydroxyl groups is 1. The number of pyridine rings is 1. The van der Waals surface area contributed by atoms with Gasteiger partial charge in [-0.3, -0.25) is 20.2 Å². The average Bonchev–Trinajstić information content (AvgIpc) is 2.63. The van der Waals surface area contributed by atoms with Crippen LogP contribution >= 0.6 is 0 Å². The first-order chi connectivity index (χ1) is 12.8. The molecule has 0 fully saturated rings. The van der Waals surface area contributed by atoms with E-state index in [1.165, 1.54) is 12.1 Å². The highest BCUT2D eigenvalue weighted by Gasteiger charge is 2.25. The monoisotopic (exact) mass is 371 g/mol. The van der Waals surface area contributed by atoms with Crippen molar-refractivity contribution < 1.29 is 29.6 Å². The number of nitrogens with zero attached hydrogens (tertiary/aromatic N) is 3. The highest BCUT2D eigenvalue weighted by molar-refractivity contribution is 6.03. The highest BCUT2D eigenvalue weighted by Crippen LogP contribution is 2.40. The normalized spacial score (nSPS) is 10.5. The Kier molecular flexibility index (Phi) is 4.26. The quantitative estimate of drug-likeness (QED) is 0.505. The lowest BCUT2D eigenvalue weighted by molar-refractivity contribution is -0.395. The Hall–Kier alpha value is -4.28. The molecule has 0 radical (unpaired) electrons. The van der Waals surface area contributed by atoms with E-state index >= 15 is 0 Å². The Morgan fingerprint density at radius 2 is 1.74 bits per heavy atom. The van der Waals surface area contributed by atoms with Gasteiger partial charge in [-0.25, -0.2) is 9.78 Å². The van der Waals surface area contributed by atoms with E-state index in [9.17, 15) is 35.2 Å². The molecule has 11 nitrogen and oxygen atoms in total. The highest BCUT2D eigenvalue weighted by atomic mass is 16.6. The van der Waals surface area contributed by atoms with Crippen molar-refractivity contribution >= 4 is 28.1 Å². The van der Waals surface area contributed by atoms with Gasteiger partial charge >= 0.3 is 11.7 Å². The number of rotatable bonds is 5. The van der Waals surface area contributed by atoms with E-state index in [1.54, 1.807) is 12.1 Å². The van der Waals surface area contributed by atoms with Crippen LogP contribution in [0, 0.1) is 20.2 Å². The molecule has 11 heteroatoms. The zero-order chi connectivity index (χ0) is 19.7. The second-order valence-electron chi connectivity index (χ2n) is 5.26. The molecule has 3 rings (SSSR count). The summed E-state index contributed by atoms with van der Waals surface area (Å²) in [6, 6.07) is 7.78. The molecule has 0 saturated carbocycles. The lowest BCUT2D eigenvalue weighted by Crippen LogP contribution is -2.01. The van der Waals surface area contributed by atoms with E-state index in [-0.39, 0.29) is 16.5 Å². The molecule has 0 spiro atoms. The molecule has 2 aromatic carbocycles. The third-order valence-electron chi connectivity index (χ3n) is 3.64. The van der Waals surface area contributed by atoms with Gasteiger partial charge in [0.15, 0.2) is 0 Å². The van der Waals surface area contributed by atoms with Gasteiger partial charge in [-0.15, -0.1) is 0 Å². The predicted octanol–water partition coefficient (Wildman–Crippen LogP) is 3.25. The number of benzene rings is 2. The molecule has 0 amide bonds. The number of aromatic carboxylic acids is 1. The van der Waals surface area contributed by atoms with Crippen LogP contribution in [0.15, 0.2) is 42.6 Å². The topological polar surface area (TPSA) is 166 Å². The van der Waals surface area contributed by atoms with Crippen molar-refractivity contribution in [1.82, 2.24) is 4.98 Å². The molecule has 0 aliphatic carbocycles. The summed E-state index contributed by atoms with van der Waals surface area (Å²) in [6.45, 7) is 0. The minimum absolute atomic E-state index is 0.120. The summed E-state index contributed by atoms with van der Waals surface area (Å²) in [7, 11) is 0. The SMILES string of the molecule is O=C(O)c1cc(Oc2ncc([N+](=O)[O-])cc2[N+](=O)[O-])c2ccccc2c1O. The molecule has 0 saturated heterocycles. The molecule has 1 heterocycles. The second-order valence-corrected chi connectivity index (χ2v) is 5.26. The van der Waals surface area contributed by atoms with Gasteiger partial charge in [0.05, 0.1) is 9.85 Å². The number of carbonyl (C=O) groups is 1. The van der Waals surface area contributed by atoms with Crippen LogP contribution in [0.5, 0.6) is 17.4 Å². The summed E-state index contributed by atoms with van der Waals surface area (Å²) in [5, 5.41) is 41.8. The maximum absolute atomic E-state index is 11.4. The van der Waals surface area contributed by atoms with Crippen LogP contribution in [0.4, 0.5) is 11.4 Å². The lowest BCUT2D eigenvalue weighted by atomic mass is 10.0. The molecule has 0 bridgehead atoms. The van der Waals surface area contributed by atoms with E-state index in [0.717, 1.165) is 12.3 Å². The van der Waals surface area contributed by atoms with Crippen molar-refractivity contribution in [2.45, 2.75) is 0 Å². The fourth-order valence-corrected chi connectivity index (χ4v) is 2.42. The standard InChI is InChI=1S/C16H9N3O8/c20-14-10-4-2-1-3-9(10)13(6-11(14)16(21)22)27-15-12(19(25)26)5-8(7-17-15)18(23)24/h1-7,20H,(H,21,22). The van der Waals surface area contributed by atoms with Crippen molar-refractivity contribution in [3.63, 3.8) is 0 Å². The Labute approximate surface area is 149 Å². The van der Waals surface area contributed by atoms with Gasteiger partial charge in [-0.05, 0) is 6.07 Å². The number of hydrogen-bond donors (Lipinski definition) is 2. The Bertz CT molecular complexity index is 1110. The van der Waals surface area contributed by atoms with Gasteiger partial charge in [-0.2, -0.15) is 0 Å². The number of hydrogen-bond acceptors (Lipinski definition) is 8. The molecule has 0 unspecified atom stereocenters. The molecular weight excluding hydrogens is 362 g/mol. The van der Waals surface area contributed by atoms with E-state index in [1.807, 2.05) is 0 Å². The summed E-state index contributed by atoms with van der Waals surface area (Å²) >= 11 is 0. The number of ether oxygens (including phenoxy) is 1. The summed E-state index contributed by atoms with van der Waals surface area (Å²) in [4.78, 5) is 35.2. The van der Waals surface area contributed by atoms with E-state index in [0.29, 0.717) is 6.07 Å². The third-order valence-corrected chi connectivity index (χ3v) is 3.64. The van der Waals surface area contributed by atoms with Crippen LogP contribution in [-0.2, 0) is 0 Å². The number of phenols is 1. The minimum Gasteiger partial charge on any atom is -0.506 e. The van der Waals surface area contributed by atoms with Crippen molar-refractivity contribution in [1.29, 1.82) is 0 Å². The molecule has 1 aromatic heterocycles. The van der Waals surface area contributed by atoms with Crippen molar-refractivity contribution in [3.05, 3.63) is 68.4 Å². The fourth-order valence-electron chi connectivity index (χ4n) is 2.42. The van der Waals surface area contributed by atoms with Crippen LogP contribution in [0.2, 0.25) is 0 Å². The van der Waals surface area contributed by atoms with Crippen LogP contribution in [-0.4, -0.2) is 31.0 Å². The zero-order valence-electron chi connectivity index (χ0n) is 13.2. The number of carboxylic acid groups (broad SMARTS) is 1. The summed E-state index contributed by atoms with van der Waals surface area (Å²) in [6.07, 6.45) is 0.781. The Morgan fingerprint density at radius 3 is 2.33 bits per heavy atom. The minimum atomic E-state index is -1.44. The summed E-state index contributed by atoms with van der Waals surface area (Å²) in [5.41, 5.74) is -1.85. The van der Waals surface area contributed by atoms with Gasteiger partial charge in [0.2, 0.25) is 0 Å². The number of carboxylic acids is 1. The largest absolute Gasteiger partial charge is 0.506 e.